The van der Waals surface area contributed by atoms with Crippen LogP contribution in [0, 0.1) is 5.92 Å². The Morgan fingerprint density at radius 1 is 0.848 bits per heavy atom. The number of rotatable bonds is 5. The van der Waals surface area contributed by atoms with Gasteiger partial charge in [-0.15, -0.1) is 0 Å². The molecule has 3 aromatic carbocycles. The van der Waals surface area contributed by atoms with Crippen LogP contribution in [0.2, 0.25) is 0 Å². The highest BCUT2D eigenvalue weighted by Gasteiger charge is 2.60. The summed E-state index contributed by atoms with van der Waals surface area (Å²) in [5, 5.41) is 1.64. The monoisotopic (exact) mass is 508 g/mol. The zero-order valence-electron chi connectivity index (χ0n) is 18.0. The van der Waals surface area contributed by atoms with Crippen LogP contribution in [-0.2, 0) is 14.4 Å². The molecule has 7 nitrogen and oxygen atoms in total. The van der Waals surface area contributed by atoms with Gasteiger partial charge in [-0.2, -0.15) is 0 Å². The number of carbonyl (C=O) groups excluding carboxylic acids is 2. The van der Waals surface area contributed by atoms with E-state index >= 15 is 0 Å². The van der Waals surface area contributed by atoms with E-state index in [0.29, 0.717) is 22.7 Å². The number of hydrogen-bond acceptors (Lipinski definition) is 6. The lowest BCUT2D eigenvalue weighted by molar-refractivity contribution is -0.126. The number of hydrogen-bond donors (Lipinski definition) is 0. The van der Waals surface area contributed by atoms with Crippen LogP contribution in [0.1, 0.15) is 11.6 Å². The average molecular weight is 509 g/mol. The first-order valence-electron chi connectivity index (χ1n) is 10.4. The highest BCUT2D eigenvalue weighted by Crippen LogP contribution is 2.50. The van der Waals surface area contributed by atoms with Gasteiger partial charge in [-0.25, -0.2) is 9.96 Å². The summed E-state index contributed by atoms with van der Waals surface area (Å²) >= 11 is 3.39. The number of fused-ring (bicyclic) bond motifs is 1. The molecular formula is C25H21BrN2O5. The third kappa shape index (κ3) is 3.55. The maximum Gasteiger partial charge on any atom is 0.266 e. The van der Waals surface area contributed by atoms with Crippen molar-refractivity contribution < 1.29 is 23.9 Å². The van der Waals surface area contributed by atoms with E-state index in [1.165, 1.54) is 4.90 Å². The Labute approximate surface area is 199 Å². The smallest absolute Gasteiger partial charge is 0.266 e. The van der Waals surface area contributed by atoms with Crippen molar-refractivity contribution in [2.45, 2.75) is 12.1 Å². The molecular weight excluding hydrogens is 488 g/mol. The largest absolute Gasteiger partial charge is 0.497 e. The minimum Gasteiger partial charge on any atom is -0.497 e. The van der Waals surface area contributed by atoms with Gasteiger partial charge in [-0.1, -0.05) is 34.1 Å². The number of benzene rings is 3. The first-order valence-corrected chi connectivity index (χ1v) is 11.2. The van der Waals surface area contributed by atoms with Crippen LogP contribution in [0.3, 0.4) is 0 Å². The van der Waals surface area contributed by atoms with Crippen molar-refractivity contribution in [1.29, 1.82) is 0 Å². The fourth-order valence-electron chi connectivity index (χ4n) is 4.44. The molecule has 33 heavy (non-hydrogen) atoms. The van der Waals surface area contributed by atoms with Crippen LogP contribution in [-0.4, -0.2) is 32.1 Å². The molecule has 0 bridgehead atoms. The minimum atomic E-state index is -0.956. The van der Waals surface area contributed by atoms with Crippen molar-refractivity contribution in [2.75, 3.05) is 24.2 Å². The average Bonchev–Trinajstić information content (AvgIpc) is 3.36. The van der Waals surface area contributed by atoms with Crippen LogP contribution in [0.25, 0.3) is 0 Å². The van der Waals surface area contributed by atoms with Gasteiger partial charge in [0.1, 0.15) is 23.5 Å². The number of imide groups is 1. The van der Waals surface area contributed by atoms with Gasteiger partial charge in [0.2, 0.25) is 5.91 Å². The number of nitrogens with zero attached hydrogens (tertiary/aromatic N) is 2. The van der Waals surface area contributed by atoms with E-state index in [0.717, 1.165) is 10.2 Å². The summed E-state index contributed by atoms with van der Waals surface area (Å²) < 4.78 is 11.9. The van der Waals surface area contributed by atoms with Crippen LogP contribution in [0.4, 0.5) is 11.4 Å². The molecule has 3 atom stereocenters. The number of para-hydroxylation sites is 1. The number of anilines is 2. The van der Waals surface area contributed by atoms with Crippen LogP contribution < -0.4 is 19.4 Å². The topological polar surface area (TPSA) is 68.3 Å². The molecule has 8 heteroatoms. The molecule has 2 saturated heterocycles. The maximum absolute atomic E-state index is 13.7. The molecule has 0 spiro atoms. The van der Waals surface area contributed by atoms with Crippen molar-refractivity contribution in [2.24, 2.45) is 5.92 Å². The summed E-state index contributed by atoms with van der Waals surface area (Å²) in [6.07, 6.45) is -0.956. The molecule has 0 saturated carbocycles. The lowest BCUT2D eigenvalue weighted by Crippen LogP contribution is -2.37. The van der Waals surface area contributed by atoms with E-state index in [1.807, 2.05) is 36.4 Å². The van der Waals surface area contributed by atoms with Crippen molar-refractivity contribution in [1.82, 2.24) is 0 Å². The molecule has 5 rings (SSSR count). The van der Waals surface area contributed by atoms with E-state index < -0.39 is 24.0 Å². The Bertz CT molecular complexity index is 1200. The van der Waals surface area contributed by atoms with E-state index in [-0.39, 0.29) is 5.91 Å². The van der Waals surface area contributed by atoms with Crippen LogP contribution in [0.15, 0.2) is 77.3 Å². The molecule has 0 radical (unpaired) electrons. The lowest BCUT2D eigenvalue weighted by Gasteiger charge is -2.29. The zero-order chi connectivity index (χ0) is 23.1. The highest BCUT2D eigenvalue weighted by atomic mass is 79.9. The molecule has 3 unspecified atom stereocenters. The summed E-state index contributed by atoms with van der Waals surface area (Å²) in [7, 11) is 3.15. The maximum atomic E-state index is 13.7. The molecule has 0 aliphatic carbocycles. The van der Waals surface area contributed by atoms with Gasteiger partial charge in [0.05, 0.1) is 25.6 Å². The summed E-state index contributed by atoms with van der Waals surface area (Å²) in [6.45, 7) is 0. The molecule has 0 N–H and O–H groups in total. The first kappa shape index (κ1) is 21.5. The number of halogens is 1. The van der Waals surface area contributed by atoms with E-state index in [4.69, 9.17) is 14.3 Å². The normalized spacial score (nSPS) is 22.0. The molecule has 168 valence electrons. The second-order valence-corrected chi connectivity index (χ2v) is 8.67. The second-order valence-electron chi connectivity index (χ2n) is 7.75. The molecule has 2 fully saturated rings. The Morgan fingerprint density at radius 2 is 1.58 bits per heavy atom. The molecule has 2 amide bonds. The van der Waals surface area contributed by atoms with Crippen LogP contribution >= 0.6 is 15.9 Å². The zero-order valence-corrected chi connectivity index (χ0v) is 19.6. The van der Waals surface area contributed by atoms with Crippen molar-refractivity contribution in [3.05, 3.63) is 82.8 Å². The van der Waals surface area contributed by atoms with Crippen LogP contribution in [0.5, 0.6) is 11.5 Å². The number of methoxy groups -OCH3 is 2. The van der Waals surface area contributed by atoms with Gasteiger partial charge in [-0.3, -0.25) is 14.4 Å². The van der Waals surface area contributed by atoms with Crippen molar-refractivity contribution in [3.8, 4) is 11.5 Å². The van der Waals surface area contributed by atoms with Gasteiger partial charge in [0.25, 0.3) is 5.91 Å². The summed E-state index contributed by atoms with van der Waals surface area (Å²) in [5.74, 6) is -0.280. The Hall–Kier alpha value is -3.36. The molecule has 3 aromatic rings. The predicted octanol–water partition coefficient (Wildman–Crippen LogP) is 4.52. The van der Waals surface area contributed by atoms with Crippen molar-refractivity contribution >= 4 is 39.1 Å². The van der Waals surface area contributed by atoms with Gasteiger partial charge >= 0.3 is 0 Å². The van der Waals surface area contributed by atoms with Gasteiger partial charge in [-0.05, 0) is 54.6 Å². The highest BCUT2D eigenvalue weighted by molar-refractivity contribution is 9.10. The standard InChI is InChI=1S/C25H21BrN2O5/c1-31-18-12-13-20(32-2)19(14-18)22-21-23(33-28(22)17-6-4-3-5-7-17)25(30)27(24(21)29)16-10-8-15(26)9-11-16/h3-14,21-23H,1-2H3. The van der Waals surface area contributed by atoms with Gasteiger partial charge in [0.15, 0.2) is 6.10 Å². The van der Waals surface area contributed by atoms with E-state index in [9.17, 15) is 9.59 Å². The number of ether oxygens (including phenoxy) is 2. The quantitative estimate of drug-likeness (QED) is 0.472. The minimum absolute atomic E-state index is 0.319. The molecule has 0 aromatic heterocycles. The molecule has 2 aliphatic heterocycles. The van der Waals surface area contributed by atoms with Gasteiger partial charge in [0, 0.05) is 10.0 Å². The van der Waals surface area contributed by atoms with E-state index in [2.05, 4.69) is 15.9 Å². The van der Waals surface area contributed by atoms with E-state index in [1.54, 1.807) is 55.7 Å². The molecule has 2 aliphatic rings. The van der Waals surface area contributed by atoms with Crippen molar-refractivity contribution in [3.63, 3.8) is 0 Å². The SMILES string of the molecule is COc1ccc(OC)c(C2C3C(=O)N(c4ccc(Br)cc4)C(=O)C3ON2c2ccccc2)c1. The predicted molar refractivity (Wildman–Crippen MR) is 126 cm³/mol. The number of amides is 2. The number of carbonyl (C=O) groups is 2. The summed E-state index contributed by atoms with van der Waals surface area (Å²) in [6, 6.07) is 21.3. The first-order chi connectivity index (χ1) is 16.0. The fraction of sp³-hybridized carbons (Fsp3) is 0.200. The third-order valence-electron chi connectivity index (χ3n) is 5.97. The molecule has 2 heterocycles. The second kappa shape index (κ2) is 8.53. The Balaban J connectivity index is 1.63. The fourth-order valence-corrected chi connectivity index (χ4v) is 4.71. The lowest BCUT2D eigenvalue weighted by atomic mass is 9.89. The number of hydroxylamine groups is 1. The Morgan fingerprint density at radius 3 is 2.24 bits per heavy atom. The van der Waals surface area contributed by atoms with Gasteiger partial charge < -0.3 is 9.47 Å². The summed E-state index contributed by atoms with van der Waals surface area (Å²) in [5.41, 5.74) is 1.94. The Kier molecular flexibility index (Phi) is 5.55. The summed E-state index contributed by atoms with van der Waals surface area (Å²) in [4.78, 5) is 34.5. The third-order valence-corrected chi connectivity index (χ3v) is 6.50.